The van der Waals surface area contributed by atoms with E-state index in [-0.39, 0.29) is 5.82 Å². The van der Waals surface area contributed by atoms with E-state index in [1.165, 1.54) is 12.1 Å². The number of aryl methyl sites for hydroxylation is 1. The number of anilines is 1. The van der Waals surface area contributed by atoms with E-state index >= 15 is 0 Å². The molecular weight excluding hydrogens is 337 g/mol. The molecule has 21 heavy (non-hydrogen) atoms. The summed E-state index contributed by atoms with van der Waals surface area (Å²) in [5.74, 6) is 1.82. The van der Waals surface area contributed by atoms with Gasteiger partial charge in [-0.1, -0.05) is 13.8 Å². The molecule has 1 heterocycles. The van der Waals surface area contributed by atoms with Crippen molar-refractivity contribution in [1.82, 2.24) is 9.97 Å². The minimum Gasteiger partial charge on any atom is -0.438 e. The van der Waals surface area contributed by atoms with Crippen molar-refractivity contribution in [3.05, 3.63) is 40.4 Å². The van der Waals surface area contributed by atoms with E-state index in [4.69, 9.17) is 4.74 Å². The van der Waals surface area contributed by atoms with Crippen LogP contribution in [0.3, 0.4) is 0 Å². The molecule has 4 nitrogen and oxygen atoms in total. The maximum absolute atomic E-state index is 13.3. The Morgan fingerprint density at radius 1 is 1.24 bits per heavy atom. The number of hydrogen-bond donors (Lipinski definition) is 1. The van der Waals surface area contributed by atoms with Crippen molar-refractivity contribution < 1.29 is 9.13 Å². The van der Waals surface area contributed by atoms with Crippen molar-refractivity contribution in [3.63, 3.8) is 0 Å². The maximum atomic E-state index is 13.3. The van der Waals surface area contributed by atoms with Crippen LogP contribution >= 0.6 is 15.9 Å². The number of ether oxygens (including phenoxy) is 1. The molecule has 112 valence electrons. The zero-order valence-electron chi connectivity index (χ0n) is 12.0. The lowest BCUT2D eigenvalue weighted by Crippen LogP contribution is -2.05. The quantitative estimate of drug-likeness (QED) is 0.827. The average Bonchev–Trinajstić information content (AvgIpc) is 2.48. The number of rotatable bonds is 6. The Labute approximate surface area is 131 Å². The highest BCUT2D eigenvalue weighted by Crippen LogP contribution is 2.30. The first kappa shape index (κ1) is 15.7. The van der Waals surface area contributed by atoms with E-state index in [0.29, 0.717) is 34.2 Å². The van der Waals surface area contributed by atoms with Crippen LogP contribution in [-0.4, -0.2) is 16.5 Å². The molecule has 0 saturated carbocycles. The molecular formula is C15H17BrFN3O. The van der Waals surface area contributed by atoms with Gasteiger partial charge in [-0.25, -0.2) is 9.37 Å². The first-order valence-electron chi connectivity index (χ1n) is 6.87. The maximum Gasteiger partial charge on any atom is 0.224 e. The lowest BCUT2D eigenvalue weighted by Gasteiger charge is -2.10. The summed E-state index contributed by atoms with van der Waals surface area (Å²) in [4.78, 5) is 8.69. The highest BCUT2D eigenvalue weighted by molar-refractivity contribution is 9.10. The van der Waals surface area contributed by atoms with Gasteiger partial charge in [0.1, 0.15) is 23.2 Å². The molecule has 2 rings (SSSR count). The van der Waals surface area contributed by atoms with E-state index in [9.17, 15) is 4.39 Å². The molecule has 0 aliphatic carbocycles. The molecule has 0 fully saturated rings. The second-order valence-corrected chi connectivity index (χ2v) is 5.32. The molecule has 1 aromatic carbocycles. The standard InChI is InChI=1S/C15H17BrFN3O/c1-3-7-18-14-9-15(20-13(4-2)19-14)21-12-8-10(17)5-6-11(12)16/h5-6,8-9H,3-4,7H2,1-2H3,(H,18,19,20). The molecule has 0 bridgehead atoms. The first-order chi connectivity index (χ1) is 10.1. The van der Waals surface area contributed by atoms with Gasteiger partial charge >= 0.3 is 0 Å². The predicted molar refractivity (Wildman–Crippen MR) is 84.4 cm³/mol. The molecule has 0 atom stereocenters. The number of aromatic nitrogens is 2. The molecule has 2 aromatic rings. The van der Waals surface area contributed by atoms with E-state index in [2.05, 4.69) is 38.1 Å². The summed E-state index contributed by atoms with van der Waals surface area (Å²) in [6.07, 6.45) is 1.69. The van der Waals surface area contributed by atoms with Crippen molar-refractivity contribution in [2.45, 2.75) is 26.7 Å². The number of hydrogen-bond acceptors (Lipinski definition) is 4. The molecule has 6 heteroatoms. The Kier molecular flexibility index (Phi) is 5.50. The Hall–Kier alpha value is -1.69. The average molecular weight is 354 g/mol. The lowest BCUT2D eigenvalue weighted by atomic mass is 10.3. The molecule has 0 saturated heterocycles. The molecule has 0 aliphatic rings. The second kappa shape index (κ2) is 7.36. The molecule has 0 aliphatic heterocycles. The molecule has 1 aromatic heterocycles. The Balaban J connectivity index is 2.27. The van der Waals surface area contributed by atoms with Crippen LogP contribution in [-0.2, 0) is 6.42 Å². The van der Waals surface area contributed by atoms with Crippen LogP contribution in [0.5, 0.6) is 11.6 Å². The summed E-state index contributed by atoms with van der Waals surface area (Å²) in [5, 5.41) is 3.20. The third kappa shape index (κ3) is 4.39. The fraction of sp³-hybridized carbons (Fsp3) is 0.333. The van der Waals surface area contributed by atoms with Crippen LogP contribution in [0.2, 0.25) is 0 Å². The third-order valence-electron chi connectivity index (χ3n) is 2.73. The van der Waals surface area contributed by atoms with Gasteiger partial charge in [0.25, 0.3) is 0 Å². The summed E-state index contributed by atoms with van der Waals surface area (Å²) in [7, 11) is 0. The van der Waals surface area contributed by atoms with Crippen molar-refractivity contribution in [1.29, 1.82) is 0 Å². The van der Waals surface area contributed by atoms with Crippen molar-refractivity contribution in [3.8, 4) is 11.6 Å². The van der Waals surface area contributed by atoms with Crippen molar-refractivity contribution in [2.75, 3.05) is 11.9 Å². The third-order valence-corrected chi connectivity index (χ3v) is 3.38. The van der Waals surface area contributed by atoms with Gasteiger partial charge in [0.05, 0.1) is 4.47 Å². The van der Waals surface area contributed by atoms with Gasteiger partial charge in [0, 0.05) is 25.1 Å². The van der Waals surface area contributed by atoms with Gasteiger partial charge in [-0.3, -0.25) is 0 Å². The van der Waals surface area contributed by atoms with Crippen LogP contribution < -0.4 is 10.1 Å². The lowest BCUT2D eigenvalue weighted by molar-refractivity contribution is 0.451. The van der Waals surface area contributed by atoms with Crippen molar-refractivity contribution in [2.24, 2.45) is 0 Å². The van der Waals surface area contributed by atoms with Crippen LogP contribution in [0.25, 0.3) is 0 Å². The Bertz CT molecular complexity index is 622. The number of halogens is 2. The fourth-order valence-electron chi connectivity index (χ4n) is 1.69. The number of nitrogens with one attached hydrogen (secondary N) is 1. The topological polar surface area (TPSA) is 47.0 Å². The van der Waals surface area contributed by atoms with Crippen LogP contribution in [0.4, 0.5) is 10.2 Å². The van der Waals surface area contributed by atoms with Gasteiger partial charge in [-0.2, -0.15) is 4.98 Å². The SMILES string of the molecule is CCCNc1cc(Oc2cc(F)ccc2Br)nc(CC)n1. The number of benzene rings is 1. The van der Waals surface area contributed by atoms with Gasteiger partial charge in [0.15, 0.2) is 0 Å². The predicted octanol–water partition coefficient (Wildman–Crippen LogP) is 4.55. The highest BCUT2D eigenvalue weighted by atomic mass is 79.9. The molecule has 0 spiro atoms. The zero-order valence-corrected chi connectivity index (χ0v) is 13.6. The first-order valence-corrected chi connectivity index (χ1v) is 7.66. The van der Waals surface area contributed by atoms with Gasteiger partial charge in [-0.05, 0) is 34.5 Å². The summed E-state index contributed by atoms with van der Waals surface area (Å²) < 4.78 is 19.6. The fourth-order valence-corrected chi connectivity index (χ4v) is 2.02. The van der Waals surface area contributed by atoms with Crippen molar-refractivity contribution >= 4 is 21.7 Å². The van der Waals surface area contributed by atoms with E-state index in [0.717, 1.165) is 13.0 Å². The summed E-state index contributed by atoms with van der Waals surface area (Å²) >= 11 is 3.33. The second-order valence-electron chi connectivity index (χ2n) is 4.46. The van der Waals surface area contributed by atoms with E-state index in [1.807, 2.05) is 6.92 Å². The molecule has 0 radical (unpaired) electrons. The van der Waals surface area contributed by atoms with Gasteiger partial charge in [0.2, 0.25) is 5.88 Å². The summed E-state index contributed by atoms with van der Waals surface area (Å²) in [6.45, 7) is 4.88. The zero-order chi connectivity index (χ0) is 15.2. The monoisotopic (exact) mass is 353 g/mol. The Morgan fingerprint density at radius 3 is 2.76 bits per heavy atom. The van der Waals surface area contributed by atoms with Crippen LogP contribution in [0.1, 0.15) is 26.1 Å². The molecule has 1 N–H and O–H groups in total. The smallest absolute Gasteiger partial charge is 0.224 e. The van der Waals surface area contributed by atoms with Gasteiger partial charge < -0.3 is 10.1 Å². The van der Waals surface area contributed by atoms with E-state index in [1.54, 1.807) is 12.1 Å². The van der Waals surface area contributed by atoms with Crippen LogP contribution in [0.15, 0.2) is 28.7 Å². The van der Waals surface area contributed by atoms with Crippen LogP contribution in [0, 0.1) is 5.82 Å². The summed E-state index contributed by atoms with van der Waals surface area (Å²) in [5.41, 5.74) is 0. The largest absolute Gasteiger partial charge is 0.438 e. The van der Waals surface area contributed by atoms with E-state index < -0.39 is 0 Å². The van der Waals surface area contributed by atoms with Gasteiger partial charge in [-0.15, -0.1) is 0 Å². The molecule has 0 amide bonds. The summed E-state index contributed by atoms with van der Waals surface area (Å²) in [6, 6.07) is 5.99. The normalized spacial score (nSPS) is 10.5. The highest BCUT2D eigenvalue weighted by Gasteiger charge is 2.09. The minimum absolute atomic E-state index is 0.359. The number of nitrogens with zero attached hydrogens (tertiary/aromatic N) is 2. The minimum atomic E-state index is -0.359. The molecule has 0 unspecified atom stereocenters. The Morgan fingerprint density at radius 2 is 2.05 bits per heavy atom.